The maximum Gasteiger partial charge on any atom is 0.0649 e. The monoisotopic (exact) mass is 88.1 g/mol. The molecule has 0 aromatic heterocycles. The number of nitrogens with one attached hydrogen (secondary N) is 1. The predicted molar refractivity (Wildman–Crippen MR) is 25.5 cm³/mol. The van der Waals surface area contributed by atoms with Gasteiger partial charge in [0.1, 0.15) is 0 Å². The molecule has 0 aliphatic heterocycles. The van der Waals surface area contributed by atoms with E-state index in [-0.39, 0.29) is 6.17 Å². The summed E-state index contributed by atoms with van der Waals surface area (Å²) in [5, 5.41) is 2.57. The van der Waals surface area contributed by atoms with Gasteiger partial charge in [-0.05, 0) is 0 Å². The minimum Gasteiger partial charge on any atom is -0.315 e. The Bertz CT molecular complexity index is 27.2. The average molecular weight is 88.1 g/mol. The highest BCUT2D eigenvalue weighted by Gasteiger charge is 1.84. The Morgan fingerprint density at radius 3 is 2.17 bits per heavy atom. The minimum absolute atomic E-state index is 0.275. The van der Waals surface area contributed by atoms with Crippen LogP contribution in [0.5, 0.6) is 0 Å². The number of hydrogen-bond acceptors (Lipinski definition) is 3. The van der Waals surface area contributed by atoms with Crippen LogP contribution in [0.3, 0.4) is 0 Å². The zero-order valence-corrected chi connectivity index (χ0v) is 3.65. The van der Waals surface area contributed by atoms with Gasteiger partial charge in [-0.15, -0.1) is 0 Å². The van der Waals surface area contributed by atoms with E-state index in [0.29, 0.717) is 6.54 Å². The van der Waals surface area contributed by atoms with Crippen LogP contribution in [0.1, 0.15) is 0 Å². The first-order valence-corrected chi connectivity index (χ1v) is 1.78. The Morgan fingerprint density at radius 2 is 2.17 bits per heavy atom. The third kappa shape index (κ3) is 3.88. The summed E-state index contributed by atoms with van der Waals surface area (Å²) >= 11 is 0. The van der Waals surface area contributed by atoms with Gasteiger partial charge in [0.25, 0.3) is 0 Å². The van der Waals surface area contributed by atoms with E-state index in [0.717, 1.165) is 0 Å². The van der Waals surface area contributed by atoms with Crippen LogP contribution in [0.2, 0.25) is 0 Å². The first-order valence-electron chi connectivity index (χ1n) is 1.78. The van der Waals surface area contributed by atoms with Crippen molar-refractivity contribution < 1.29 is 0 Å². The summed E-state index contributed by atoms with van der Waals surface area (Å²) in [5.41, 5.74) is 10.2. The Labute approximate surface area is 37.7 Å². The van der Waals surface area contributed by atoms with E-state index in [2.05, 4.69) is 12.4 Å². The molecule has 1 radical (unpaired) electrons. The van der Waals surface area contributed by atoms with Crippen molar-refractivity contribution in [1.82, 2.24) is 5.32 Å². The summed E-state index contributed by atoms with van der Waals surface area (Å²) in [7, 11) is 3.32. The zero-order valence-electron chi connectivity index (χ0n) is 3.65. The minimum atomic E-state index is -0.275. The molecule has 0 fully saturated rings. The van der Waals surface area contributed by atoms with Crippen molar-refractivity contribution in [2.75, 3.05) is 6.54 Å². The molecule has 0 aromatic carbocycles. The van der Waals surface area contributed by atoms with Gasteiger partial charge in [-0.1, -0.05) is 0 Å². The van der Waals surface area contributed by atoms with E-state index in [4.69, 9.17) is 11.5 Å². The lowest BCUT2D eigenvalue weighted by Crippen LogP contribution is -2.38. The van der Waals surface area contributed by atoms with Crippen LogP contribution in [0.4, 0.5) is 0 Å². The molecule has 37 valence electrons. The lowest BCUT2D eigenvalue weighted by Gasteiger charge is -1.99. The first kappa shape index (κ1) is 5.88. The van der Waals surface area contributed by atoms with Crippen LogP contribution >= 0.6 is 0 Å². The Kier molecular flexibility index (Phi) is 3.02. The van der Waals surface area contributed by atoms with E-state index >= 15 is 0 Å². The van der Waals surface area contributed by atoms with Gasteiger partial charge in [-0.2, -0.15) is 0 Å². The molecule has 0 aromatic rings. The molecule has 0 rings (SSSR count). The fraction of sp³-hybridized carbons (Fsp3) is 0.667. The SMILES string of the molecule is [CH2]NCC(N)N. The molecule has 0 amide bonds. The molecule has 3 heteroatoms. The molecular weight excluding hydrogens is 78.1 g/mol. The van der Waals surface area contributed by atoms with Crippen molar-refractivity contribution in [2.24, 2.45) is 11.5 Å². The van der Waals surface area contributed by atoms with Crippen molar-refractivity contribution >= 4 is 0 Å². The van der Waals surface area contributed by atoms with Gasteiger partial charge < -0.3 is 16.8 Å². The van der Waals surface area contributed by atoms with Gasteiger partial charge in [0.15, 0.2) is 0 Å². The number of rotatable bonds is 2. The Balaban J connectivity index is 2.63. The van der Waals surface area contributed by atoms with E-state index in [1.807, 2.05) is 0 Å². The van der Waals surface area contributed by atoms with Gasteiger partial charge in [-0.3, -0.25) is 0 Å². The highest BCUT2D eigenvalue weighted by molar-refractivity contribution is 4.52. The summed E-state index contributed by atoms with van der Waals surface area (Å²) in [6.07, 6.45) is -0.275. The van der Waals surface area contributed by atoms with Crippen LogP contribution in [-0.4, -0.2) is 12.7 Å². The second kappa shape index (κ2) is 3.08. The highest BCUT2D eigenvalue weighted by atomic mass is 14.9. The van der Waals surface area contributed by atoms with Gasteiger partial charge in [0, 0.05) is 13.6 Å². The second-order valence-corrected chi connectivity index (χ2v) is 1.12. The zero-order chi connectivity index (χ0) is 4.99. The Hall–Kier alpha value is -0.120. The predicted octanol–water partition coefficient (Wildman–Crippen LogP) is -1.39. The standard InChI is InChI=1S/C3H10N3/c1-6-2-3(4)5/h3,6H,1-2,4-5H2. The summed E-state index contributed by atoms with van der Waals surface area (Å²) in [5.74, 6) is 0. The molecule has 5 N–H and O–H groups in total. The van der Waals surface area contributed by atoms with E-state index < -0.39 is 0 Å². The molecule has 0 unspecified atom stereocenters. The summed E-state index contributed by atoms with van der Waals surface area (Å²) in [6, 6.07) is 0. The lowest BCUT2D eigenvalue weighted by molar-refractivity contribution is 0.659. The molecule has 0 saturated heterocycles. The second-order valence-electron chi connectivity index (χ2n) is 1.12. The summed E-state index contributed by atoms with van der Waals surface area (Å²) in [6.45, 7) is 0.569. The van der Waals surface area contributed by atoms with E-state index in [9.17, 15) is 0 Å². The van der Waals surface area contributed by atoms with Gasteiger partial charge in [0.2, 0.25) is 0 Å². The highest BCUT2D eigenvalue weighted by Crippen LogP contribution is 1.52. The van der Waals surface area contributed by atoms with Crippen molar-refractivity contribution in [2.45, 2.75) is 6.17 Å². The molecule has 0 heterocycles. The molecule has 0 atom stereocenters. The average Bonchev–Trinajstić information content (AvgIpc) is 1.35. The van der Waals surface area contributed by atoms with E-state index in [1.54, 1.807) is 0 Å². The largest absolute Gasteiger partial charge is 0.315 e. The van der Waals surface area contributed by atoms with Crippen molar-refractivity contribution in [1.29, 1.82) is 0 Å². The van der Waals surface area contributed by atoms with Gasteiger partial charge >= 0.3 is 0 Å². The number of nitrogens with two attached hydrogens (primary N) is 2. The maximum absolute atomic E-state index is 5.08. The van der Waals surface area contributed by atoms with Crippen LogP contribution in [-0.2, 0) is 0 Å². The topological polar surface area (TPSA) is 64.1 Å². The molecule has 0 aliphatic rings. The lowest BCUT2D eigenvalue weighted by atomic mass is 10.5. The maximum atomic E-state index is 5.08. The normalized spacial score (nSPS) is 10.0. The quantitative estimate of drug-likeness (QED) is 0.364. The van der Waals surface area contributed by atoms with Gasteiger partial charge in [-0.25, -0.2) is 0 Å². The van der Waals surface area contributed by atoms with Crippen LogP contribution in [0.15, 0.2) is 0 Å². The molecular formula is C3H10N3. The van der Waals surface area contributed by atoms with Crippen molar-refractivity contribution in [3.63, 3.8) is 0 Å². The molecule has 0 saturated carbocycles. The van der Waals surface area contributed by atoms with Crippen LogP contribution in [0, 0.1) is 7.05 Å². The van der Waals surface area contributed by atoms with Crippen molar-refractivity contribution in [3.8, 4) is 0 Å². The van der Waals surface area contributed by atoms with E-state index in [1.165, 1.54) is 0 Å². The summed E-state index contributed by atoms with van der Waals surface area (Å²) < 4.78 is 0. The Morgan fingerprint density at radius 1 is 1.67 bits per heavy atom. The van der Waals surface area contributed by atoms with Crippen LogP contribution in [0.25, 0.3) is 0 Å². The van der Waals surface area contributed by atoms with Crippen LogP contribution < -0.4 is 16.8 Å². The summed E-state index contributed by atoms with van der Waals surface area (Å²) in [4.78, 5) is 0. The first-order chi connectivity index (χ1) is 2.77. The molecule has 3 nitrogen and oxygen atoms in total. The van der Waals surface area contributed by atoms with Crippen molar-refractivity contribution in [3.05, 3.63) is 7.05 Å². The van der Waals surface area contributed by atoms with Gasteiger partial charge in [0.05, 0.1) is 6.17 Å². The number of hydrogen-bond donors (Lipinski definition) is 3. The molecule has 6 heavy (non-hydrogen) atoms. The molecule has 0 spiro atoms. The molecule has 0 bridgehead atoms. The fourth-order valence-corrected chi connectivity index (χ4v) is 0.167. The smallest absolute Gasteiger partial charge is 0.0649 e. The molecule has 0 aliphatic carbocycles. The fourth-order valence-electron chi connectivity index (χ4n) is 0.167. The third-order valence-electron chi connectivity index (χ3n) is 0.380. The third-order valence-corrected chi connectivity index (χ3v) is 0.380.